The molecule has 2 aliphatic rings. The molecule has 0 spiro atoms. The minimum atomic E-state index is -0.0789. The highest BCUT2D eigenvalue weighted by molar-refractivity contribution is 6.30. The van der Waals surface area contributed by atoms with Crippen LogP contribution in [-0.2, 0) is 17.9 Å². The van der Waals surface area contributed by atoms with Crippen LogP contribution in [0.2, 0.25) is 5.02 Å². The van der Waals surface area contributed by atoms with Crippen LogP contribution in [0.5, 0.6) is 0 Å². The Labute approximate surface area is 161 Å². The van der Waals surface area contributed by atoms with Gasteiger partial charge in [0, 0.05) is 10.9 Å². The lowest BCUT2D eigenvalue weighted by molar-refractivity contribution is -0.00117. The van der Waals surface area contributed by atoms with Crippen molar-refractivity contribution in [3.05, 3.63) is 46.4 Å². The van der Waals surface area contributed by atoms with Crippen LogP contribution in [0.3, 0.4) is 0 Å². The summed E-state index contributed by atoms with van der Waals surface area (Å²) in [5.41, 5.74) is 2.57. The summed E-state index contributed by atoms with van der Waals surface area (Å²) in [6, 6.07) is 7.69. The zero-order valence-corrected chi connectivity index (χ0v) is 15.6. The first kappa shape index (κ1) is 16.9. The predicted molar refractivity (Wildman–Crippen MR) is 98.1 cm³/mol. The van der Waals surface area contributed by atoms with Crippen molar-refractivity contribution in [1.82, 2.24) is 25.1 Å². The first-order valence-electron chi connectivity index (χ1n) is 9.41. The van der Waals surface area contributed by atoms with Gasteiger partial charge in [0.2, 0.25) is 0 Å². The SMILES string of the molecule is Clc1ccc([C@@H]2Cn3nnc(-c4nc(C5CCCCC5)no4)c3CO2)cc1. The van der Waals surface area contributed by atoms with Crippen molar-refractivity contribution >= 4 is 11.6 Å². The average molecular weight is 386 g/mol. The maximum Gasteiger partial charge on any atom is 0.280 e. The maximum absolute atomic E-state index is 6.04. The Morgan fingerprint density at radius 2 is 1.89 bits per heavy atom. The summed E-state index contributed by atoms with van der Waals surface area (Å²) in [7, 11) is 0. The summed E-state index contributed by atoms with van der Waals surface area (Å²) in [5.74, 6) is 1.63. The second kappa shape index (κ2) is 7.05. The van der Waals surface area contributed by atoms with Gasteiger partial charge in [-0.3, -0.25) is 0 Å². The van der Waals surface area contributed by atoms with Crippen molar-refractivity contribution in [3.8, 4) is 11.6 Å². The summed E-state index contributed by atoms with van der Waals surface area (Å²) >= 11 is 5.97. The van der Waals surface area contributed by atoms with Gasteiger partial charge in [-0.2, -0.15) is 4.98 Å². The molecule has 0 unspecified atom stereocenters. The fourth-order valence-corrected chi connectivity index (χ4v) is 4.04. The van der Waals surface area contributed by atoms with Gasteiger partial charge in [-0.1, -0.05) is 53.4 Å². The molecule has 0 radical (unpaired) electrons. The number of nitrogens with zero attached hydrogens (tertiary/aromatic N) is 5. The van der Waals surface area contributed by atoms with E-state index in [-0.39, 0.29) is 6.10 Å². The quantitative estimate of drug-likeness (QED) is 0.668. The molecular formula is C19H20ClN5O2. The van der Waals surface area contributed by atoms with Gasteiger partial charge in [-0.25, -0.2) is 4.68 Å². The van der Waals surface area contributed by atoms with E-state index in [0.29, 0.717) is 35.7 Å². The third-order valence-corrected chi connectivity index (χ3v) is 5.71. The number of hydrogen-bond donors (Lipinski definition) is 0. The van der Waals surface area contributed by atoms with Gasteiger partial charge in [0.15, 0.2) is 11.5 Å². The van der Waals surface area contributed by atoms with Gasteiger partial charge in [-0.05, 0) is 30.5 Å². The van der Waals surface area contributed by atoms with E-state index in [0.717, 1.165) is 29.9 Å². The van der Waals surface area contributed by atoms with E-state index >= 15 is 0 Å². The third kappa shape index (κ3) is 3.26. The second-order valence-corrected chi connectivity index (χ2v) is 7.65. The van der Waals surface area contributed by atoms with Crippen LogP contribution in [0, 0.1) is 0 Å². The Bertz CT molecular complexity index is 930. The highest BCUT2D eigenvalue weighted by atomic mass is 35.5. The van der Waals surface area contributed by atoms with E-state index in [1.54, 1.807) is 0 Å². The Hall–Kier alpha value is -2.25. The van der Waals surface area contributed by atoms with E-state index in [9.17, 15) is 0 Å². The molecule has 7 nitrogen and oxygen atoms in total. The number of benzene rings is 1. The zero-order chi connectivity index (χ0) is 18.2. The largest absolute Gasteiger partial charge is 0.365 e. The molecule has 0 saturated heterocycles. The summed E-state index contributed by atoms with van der Waals surface area (Å²) < 4.78 is 13.4. The normalized spacial score (nSPS) is 20.6. The van der Waals surface area contributed by atoms with E-state index < -0.39 is 0 Å². The van der Waals surface area contributed by atoms with E-state index in [4.69, 9.17) is 20.9 Å². The molecule has 27 heavy (non-hydrogen) atoms. The lowest BCUT2D eigenvalue weighted by Gasteiger charge is -2.24. The molecule has 1 aromatic carbocycles. The summed E-state index contributed by atoms with van der Waals surface area (Å²) in [6.07, 6.45) is 5.94. The average Bonchev–Trinajstić information content (AvgIpc) is 3.36. The van der Waals surface area contributed by atoms with Gasteiger partial charge in [-0.15, -0.1) is 5.10 Å². The molecule has 1 aliphatic carbocycles. The molecule has 3 aromatic rings. The van der Waals surface area contributed by atoms with Crippen LogP contribution >= 0.6 is 11.6 Å². The van der Waals surface area contributed by atoms with Gasteiger partial charge in [0.05, 0.1) is 18.8 Å². The summed E-state index contributed by atoms with van der Waals surface area (Å²) in [5, 5.41) is 13.5. The van der Waals surface area contributed by atoms with Gasteiger partial charge in [0.1, 0.15) is 6.10 Å². The molecule has 140 valence electrons. The minimum Gasteiger partial charge on any atom is -0.365 e. The van der Waals surface area contributed by atoms with Crippen molar-refractivity contribution in [2.45, 2.75) is 57.3 Å². The molecule has 0 bridgehead atoms. The van der Waals surface area contributed by atoms with E-state index in [1.807, 2.05) is 28.9 Å². The van der Waals surface area contributed by atoms with Crippen LogP contribution in [-0.4, -0.2) is 25.1 Å². The molecule has 0 N–H and O–H groups in total. The monoisotopic (exact) mass is 385 g/mol. The Morgan fingerprint density at radius 3 is 2.70 bits per heavy atom. The molecule has 1 saturated carbocycles. The smallest absolute Gasteiger partial charge is 0.280 e. The topological polar surface area (TPSA) is 78.9 Å². The van der Waals surface area contributed by atoms with Crippen molar-refractivity contribution in [1.29, 1.82) is 0 Å². The molecule has 2 aromatic heterocycles. The van der Waals surface area contributed by atoms with Crippen LogP contribution in [0.4, 0.5) is 0 Å². The molecule has 0 amide bonds. The lowest BCUT2D eigenvalue weighted by Crippen LogP contribution is -2.22. The second-order valence-electron chi connectivity index (χ2n) is 7.21. The Morgan fingerprint density at radius 1 is 1.07 bits per heavy atom. The molecule has 3 heterocycles. The van der Waals surface area contributed by atoms with Crippen LogP contribution in [0.1, 0.15) is 61.2 Å². The predicted octanol–water partition coefficient (Wildman–Crippen LogP) is 4.30. The lowest BCUT2D eigenvalue weighted by atomic mass is 9.89. The Balaban J connectivity index is 1.37. The number of halogens is 1. The molecule has 5 rings (SSSR count). The van der Waals surface area contributed by atoms with Crippen LogP contribution < -0.4 is 0 Å². The Kier molecular flexibility index (Phi) is 4.41. The number of aromatic nitrogens is 5. The van der Waals surface area contributed by atoms with Crippen LogP contribution in [0.25, 0.3) is 11.6 Å². The third-order valence-electron chi connectivity index (χ3n) is 5.45. The number of hydrogen-bond acceptors (Lipinski definition) is 6. The number of rotatable bonds is 3. The number of ether oxygens (including phenoxy) is 1. The first-order chi connectivity index (χ1) is 13.3. The van der Waals surface area contributed by atoms with Gasteiger partial charge in [0.25, 0.3) is 5.89 Å². The molecular weight excluding hydrogens is 366 g/mol. The molecule has 1 aliphatic heterocycles. The molecule has 1 fully saturated rings. The van der Waals surface area contributed by atoms with E-state index in [1.165, 1.54) is 19.3 Å². The minimum absolute atomic E-state index is 0.0789. The van der Waals surface area contributed by atoms with Gasteiger partial charge >= 0.3 is 0 Å². The first-order valence-corrected chi connectivity index (χ1v) is 9.79. The zero-order valence-electron chi connectivity index (χ0n) is 14.8. The van der Waals surface area contributed by atoms with Crippen molar-refractivity contribution < 1.29 is 9.26 Å². The highest BCUT2D eigenvalue weighted by Gasteiger charge is 2.29. The summed E-state index contributed by atoms with van der Waals surface area (Å²) in [4.78, 5) is 4.61. The van der Waals surface area contributed by atoms with Crippen LogP contribution in [0.15, 0.2) is 28.8 Å². The molecule has 8 heteroatoms. The fraction of sp³-hybridized carbons (Fsp3) is 0.474. The van der Waals surface area contributed by atoms with Crippen molar-refractivity contribution in [2.24, 2.45) is 0 Å². The summed E-state index contributed by atoms with van der Waals surface area (Å²) in [6.45, 7) is 0.990. The fourth-order valence-electron chi connectivity index (χ4n) is 3.91. The highest BCUT2D eigenvalue weighted by Crippen LogP contribution is 2.34. The molecule has 1 atom stereocenters. The van der Waals surface area contributed by atoms with E-state index in [2.05, 4.69) is 20.5 Å². The standard InChI is InChI=1S/C19H20ClN5O2/c20-14-8-6-12(7-9-14)16-10-25-15(11-26-16)17(22-24-25)19-21-18(23-27-19)13-4-2-1-3-5-13/h6-9,13,16H,1-5,10-11H2/t16-/m0/s1. The number of fused-ring (bicyclic) bond motifs is 1. The van der Waals surface area contributed by atoms with Crippen molar-refractivity contribution in [3.63, 3.8) is 0 Å². The maximum atomic E-state index is 6.04. The van der Waals surface area contributed by atoms with Crippen molar-refractivity contribution in [2.75, 3.05) is 0 Å². The van der Waals surface area contributed by atoms with Gasteiger partial charge < -0.3 is 9.26 Å².